The quantitative estimate of drug-likeness (QED) is 0.544. The standard InChI is InChI=1S/C25H32N8O2/c1-16(2)10-12-32-21-22(28-24(32)31-11-6-7-18(26)15-31)30(3)25(35)33(23(21)34)14-17-13-27-29-20-9-5-4-8-19(17)20/h4-5,8-10,13,17-18,29H,6-7,11-12,14-15,26H2,1-3H3. The Labute approximate surface area is 203 Å². The smallest absolute Gasteiger partial charge is 0.332 e. The zero-order valence-corrected chi connectivity index (χ0v) is 20.4. The van der Waals surface area contributed by atoms with Crippen LogP contribution in [0, 0.1) is 0 Å². The monoisotopic (exact) mass is 476 g/mol. The second kappa shape index (κ2) is 9.18. The summed E-state index contributed by atoms with van der Waals surface area (Å²) < 4.78 is 4.73. The van der Waals surface area contributed by atoms with E-state index in [9.17, 15) is 9.59 Å². The number of hydrazone groups is 1. The van der Waals surface area contributed by atoms with Gasteiger partial charge in [0.25, 0.3) is 5.56 Å². The molecule has 3 aromatic rings. The highest BCUT2D eigenvalue weighted by atomic mass is 16.2. The topological polar surface area (TPSA) is 115 Å². The summed E-state index contributed by atoms with van der Waals surface area (Å²) in [5, 5.41) is 4.24. The van der Waals surface area contributed by atoms with Gasteiger partial charge in [0, 0.05) is 51.4 Å². The van der Waals surface area contributed by atoms with Gasteiger partial charge in [-0.05, 0) is 38.3 Å². The molecule has 1 fully saturated rings. The number of rotatable bonds is 5. The molecule has 2 atom stereocenters. The van der Waals surface area contributed by atoms with Gasteiger partial charge < -0.3 is 15.2 Å². The molecule has 0 radical (unpaired) electrons. The maximum absolute atomic E-state index is 13.9. The highest BCUT2D eigenvalue weighted by molar-refractivity contribution is 5.77. The summed E-state index contributed by atoms with van der Waals surface area (Å²) in [5.41, 5.74) is 12.4. The van der Waals surface area contributed by atoms with Crippen molar-refractivity contribution in [3.63, 3.8) is 0 Å². The van der Waals surface area contributed by atoms with Gasteiger partial charge in [-0.25, -0.2) is 4.79 Å². The summed E-state index contributed by atoms with van der Waals surface area (Å²) in [4.78, 5) is 34.2. The Morgan fingerprint density at radius 2 is 2.03 bits per heavy atom. The first-order valence-electron chi connectivity index (χ1n) is 12.1. The minimum absolute atomic E-state index is 0.0557. The number of para-hydroxylation sites is 1. The van der Waals surface area contributed by atoms with E-state index in [0.29, 0.717) is 30.2 Å². The summed E-state index contributed by atoms with van der Waals surface area (Å²) >= 11 is 0. The minimum Gasteiger partial charge on any atom is -0.341 e. The molecule has 1 aromatic carbocycles. The fourth-order valence-corrected chi connectivity index (χ4v) is 4.94. The first kappa shape index (κ1) is 23.1. The van der Waals surface area contributed by atoms with Crippen LogP contribution in [-0.2, 0) is 20.1 Å². The van der Waals surface area contributed by atoms with Crippen LogP contribution in [0.25, 0.3) is 11.2 Å². The number of hydrogen-bond acceptors (Lipinski definition) is 7. The van der Waals surface area contributed by atoms with E-state index in [1.54, 1.807) is 13.3 Å². The van der Waals surface area contributed by atoms with Crippen molar-refractivity contribution in [3.05, 3.63) is 62.3 Å². The normalized spacial score (nSPS) is 19.5. The van der Waals surface area contributed by atoms with Crippen LogP contribution < -0.4 is 27.3 Å². The Bertz CT molecular complexity index is 1440. The van der Waals surface area contributed by atoms with Crippen molar-refractivity contribution in [2.45, 2.75) is 51.7 Å². The fraction of sp³-hybridized carbons (Fsp3) is 0.440. The molecule has 10 heteroatoms. The molecule has 5 rings (SSSR count). The molecule has 4 heterocycles. The number of piperidine rings is 1. The highest BCUT2D eigenvalue weighted by Crippen LogP contribution is 2.28. The number of anilines is 2. The number of hydrogen-bond donors (Lipinski definition) is 2. The Morgan fingerprint density at radius 1 is 1.23 bits per heavy atom. The lowest BCUT2D eigenvalue weighted by molar-refractivity contribution is 0.495. The van der Waals surface area contributed by atoms with E-state index in [0.717, 1.165) is 36.2 Å². The van der Waals surface area contributed by atoms with E-state index in [4.69, 9.17) is 10.7 Å². The summed E-state index contributed by atoms with van der Waals surface area (Å²) in [5.74, 6) is 0.482. The molecule has 2 unspecified atom stereocenters. The van der Waals surface area contributed by atoms with E-state index < -0.39 is 0 Å². The lowest BCUT2D eigenvalue weighted by Gasteiger charge is -2.31. The molecule has 2 aromatic heterocycles. The highest BCUT2D eigenvalue weighted by Gasteiger charge is 2.27. The molecule has 0 amide bonds. The molecule has 0 bridgehead atoms. The van der Waals surface area contributed by atoms with Crippen LogP contribution in [0.5, 0.6) is 0 Å². The van der Waals surface area contributed by atoms with Crippen LogP contribution in [0.4, 0.5) is 11.6 Å². The first-order valence-corrected chi connectivity index (χ1v) is 12.1. The van der Waals surface area contributed by atoms with Gasteiger partial charge in [-0.2, -0.15) is 10.1 Å². The van der Waals surface area contributed by atoms with Crippen LogP contribution >= 0.6 is 0 Å². The number of benzene rings is 1. The molecular weight excluding hydrogens is 444 g/mol. The molecule has 10 nitrogen and oxygen atoms in total. The third-order valence-corrected chi connectivity index (χ3v) is 6.81. The Hall–Kier alpha value is -3.66. The summed E-state index contributed by atoms with van der Waals surface area (Å²) in [6.07, 6.45) is 5.75. The number of nitrogens with zero attached hydrogens (tertiary/aromatic N) is 6. The van der Waals surface area contributed by atoms with Crippen LogP contribution in [0.1, 0.15) is 38.2 Å². The van der Waals surface area contributed by atoms with E-state index >= 15 is 0 Å². The predicted molar refractivity (Wildman–Crippen MR) is 139 cm³/mol. The largest absolute Gasteiger partial charge is 0.341 e. The van der Waals surface area contributed by atoms with Crippen molar-refractivity contribution in [3.8, 4) is 0 Å². The van der Waals surface area contributed by atoms with Crippen LogP contribution in [0.3, 0.4) is 0 Å². The maximum atomic E-state index is 13.9. The van der Waals surface area contributed by atoms with Gasteiger partial charge in [-0.1, -0.05) is 29.8 Å². The van der Waals surface area contributed by atoms with E-state index in [1.807, 2.05) is 42.7 Å². The van der Waals surface area contributed by atoms with Crippen molar-refractivity contribution in [1.82, 2.24) is 18.7 Å². The van der Waals surface area contributed by atoms with Gasteiger partial charge in [0.2, 0.25) is 5.95 Å². The lowest BCUT2D eigenvalue weighted by atomic mass is 9.97. The molecular formula is C25H32N8O2. The van der Waals surface area contributed by atoms with Crippen LogP contribution in [0.2, 0.25) is 0 Å². The number of fused-ring (bicyclic) bond motifs is 2. The van der Waals surface area contributed by atoms with E-state index in [1.165, 1.54) is 9.13 Å². The third kappa shape index (κ3) is 4.18. The van der Waals surface area contributed by atoms with Gasteiger partial charge in [-0.3, -0.25) is 19.4 Å². The summed E-state index contributed by atoms with van der Waals surface area (Å²) in [6.45, 7) is 6.22. The zero-order chi connectivity index (χ0) is 24.7. The molecule has 0 aliphatic carbocycles. The molecule has 1 saturated heterocycles. The van der Waals surface area contributed by atoms with Crippen LogP contribution in [0.15, 0.2) is 50.6 Å². The molecule has 2 aliphatic heterocycles. The molecule has 2 aliphatic rings. The predicted octanol–water partition coefficient (Wildman–Crippen LogP) is 1.99. The van der Waals surface area contributed by atoms with Crippen molar-refractivity contribution in [2.75, 3.05) is 23.4 Å². The fourth-order valence-electron chi connectivity index (χ4n) is 4.94. The second-order valence-corrected chi connectivity index (χ2v) is 9.67. The van der Waals surface area contributed by atoms with E-state index in [-0.39, 0.29) is 29.8 Å². The number of nitrogens with two attached hydrogens (primary N) is 1. The van der Waals surface area contributed by atoms with Gasteiger partial charge in [0.05, 0.1) is 5.69 Å². The van der Waals surface area contributed by atoms with Crippen molar-refractivity contribution in [1.29, 1.82) is 0 Å². The molecule has 35 heavy (non-hydrogen) atoms. The van der Waals surface area contributed by atoms with Gasteiger partial charge in [0.1, 0.15) is 0 Å². The number of aryl methyl sites for hydroxylation is 1. The number of imidazole rings is 1. The number of nitrogens with one attached hydrogen (secondary N) is 1. The zero-order valence-electron chi connectivity index (χ0n) is 20.4. The molecule has 3 N–H and O–H groups in total. The SMILES string of the molecule is CC(C)=CCn1c(N2CCCC(N)C2)nc2c1c(=O)n(CC1C=NNc3ccccc31)c(=O)n2C. The third-order valence-electron chi connectivity index (χ3n) is 6.81. The number of allylic oxidation sites excluding steroid dienone is 2. The molecule has 0 spiro atoms. The Kier molecular flexibility index (Phi) is 6.06. The average Bonchev–Trinajstić information content (AvgIpc) is 3.24. The van der Waals surface area contributed by atoms with E-state index in [2.05, 4.69) is 21.5 Å². The maximum Gasteiger partial charge on any atom is 0.332 e. The van der Waals surface area contributed by atoms with Crippen LogP contribution in [-0.4, -0.2) is 44.0 Å². The minimum atomic E-state index is -0.388. The summed E-state index contributed by atoms with van der Waals surface area (Å²) in [7, 11) is 1.68. The van der Waals surface area contributed by atoms with Crippen molar-refractivity contribution >= 4 is 29.0 Å². The molecule has 184 valence electrons. The van der Waals surface area contributed by atoms with Gasteiger partial charge >= 0.3 is 5.69 Å². The second-order valence-electron chi connectivity index (χ2n) is 9.67. The first-order chi connectivity index (χ1) is 16.8. The lowest BCUT2D eigenvalue weighted by Crippen LogP contribution is -2.44. The average molecular weight is 477 g/mol. The van der Waals surface area contributed by atoms with Crippen molar-refractivity contribution in [2.24, 2.45) is 17.9 Å². The Balaban J connectivity index is 1.67. The number of aromatic nitrogens is 4. The molecule has 0 saturated carbocycles. The Morgan fingerprint density at radius 3 is 2.80 bits per heavy atom. The van der Waals surface area contributed by atoms with Gasteiger partial charge in [-0.15, -0.1) is 0 Å². The van der Waals surface area contributed by atoms with Gasteiger partial charge in [0.15, 0.2) is 11.2 Å². The summed E-state index contributed by atoms with van der Waals surface area (Å²) in [6, 6.07) is 7.85. The van der Waals surface area contributed by atoms with Crippen molar-refractivity contribution < 1.29 is 0 Å².